The maximum atomic E-state index is 8.90. The van der Waals surface area contributed by atoms with E-state index < -0.39 is 0 Å². The van der Waals surface area contributed by atoms with E-state index in [4.69, 9.17) is 5.02 Å². The molecule has 0 fully saturated rings. The molecule has 0 saturated heterocycles. The lowest BCUT2D eigenvalue weighted by Gasteiger charge is -1.98. The van der Waals surface area contributed by atoms with Gasteiger partial charge in [0.2, 0.25) is 0 Å². The highest BCUT2D eigenvalue weighted by Gasteiger charge is 1.94. The molecule has 1 N–H and O–H groups in total. The second-order valence-electron chi connectivity index (χ2n) is 2.84. The van der Waals surface area contributed by atoms with Crippen LogP contribution in [0.4, 0.5) is 0 Å². The molecular formula is C10H9BO. The predicted molar refractivity (Wildman–Crippen MR) is 52.9 cm³/mol. The van der Waals surface area contributed by atoms with Gasteiger partial charge in [-0.3, -0.25) is 0 Å². The number of benzene rings is 2. The molecule has 0 radical (unpaired) electrons. The van der Waals surface area contributed by atoms with Crippen LogP contribution in [0.15, 0.2) is 42.5 Å². The highest BCUT2D eigenvalue weighted by atomic mass is 16.2. The maximum Gasteiger partial charge on any atom is 0.304 e. The molecule has 0 unspecified atom stereocenters. The van der Waals surface area contributed by atoms with Gasteiger partial charge in [0.15, 0.2) is 0 Å². The Morgan fingerprint density at radius 1 is 0.917 bits per heavy atom. The molecule has 0 amide bonds. The van der Waals surface area contributed by atoms with Crippen LogP contribution in [0.5, 0.6) is 0 Å². The Bertz CT molecular complexity index is 398. The van der Waals surface area contributed by atoms with Gasteiger partial charge in [0.1, 0.15) is 0 Å². The zero-order valence-electron chi connectivity index (χ0n) is 6.70. The molecule has 0 aliphatic heterocycles. The van der Waals surface area contributed by atoms with Gasteiger partial charge in [0.25, 0.3) is 0 Å². The van der Waals surface area contributed by atoms with Crippen molar-refractivity contribution in [2.75, 3.05) is 0 Å². The van der Waals surface area contributed by atoms with Crippen molar-refractivity contribution < 1.29 is 5.02 Å². The summed E-state index contributed by atoms with van der Waals surface area (Å²) in [7, 11) is 0.116. The predicted octanol–water partition coefficient (Wildman–Crippen LogP) is 0.809. The lowest BCUT2D eigenvalue weighted by molar-refractivity contribution is 0.615. The first-order valence-corrected chi connectivity index (χ1v) is 3.99. The molecule has 2 rings (SSSR count). The highest BCUT2D eigenvalue weighted by molar-refractivity contribution is 6.46. The van der Waals surface area contributed by atoms with Crippen molar-refractivity contribution >= 4 is 23.7 Å². The quantitative estimate of drug-likeness (QED) is 0.605. The third kappa shape index (κ3) is 1.21. The van der Waals surface area contributed by atoms with Gasteiger partial charge in [-0.1, -0.05) is 47.9 Å². The largest absolute Gasteiger partial charge is 0.449 e. The van der Waals surface area contributed by atoms with Crippen LogP contribution in [0.2, 0.25) is 0 Å². The summed E-state index contributed by atoms with van der Waals surface area (Å²) < 4.78 is 0. The fraction of sp³-hybridized carbons (Fsp3) is 0. The third-order valence-corrected chi connectivity index (χ3v) is 2.00. The van der Waals surface area contributed by atoms with Gasteiger partial charge in [0, 0.05) is 0 Å². The molecule has 0 saturated carbocycles. The van der Waals surface area contributed by atoms with Gasteiger partial charge in [-0.15, -0.1) is 0 Å². The second-order valence-corrected chi connectivity index (χ2v) is 2.84. The molecule has 1 nitrogen and oxygen atoms in total. The minimum absolute atomic E-state index is 0.116. The first-order valence-electron chi connectivity index (χ1n) is 3.99. The summed E-state index contributed by atoms with van der Waals surface area (Å²) in [5.41, 5.74) is 0.966. The Balaban J connectivity index is 2.67. The Morgan fingerprint density at radius 2 is 1.67 bits per heavy atom. The van der Waals surface area contributed by atoms with E-state index in [2.05, 4.69) is 12.1 Å². The molecule has 12 heavy (non-hydrogen) atoms. The summed E-state index contributed by atoms with van der Waals surface area (Å²) in [5, 5.41) is 11.3. The van der Waals surface area contributed by atoms with Crippen LogP contribution < -0.4 is 5.46 Å². The molecule has 2 aromatic carbocycles. The Labute approximate surface area is 71.9 Å². The van der Waals surface area contributed by atoms with Crippen molar-refractivity contribution in [3.05, 3.63) is 42.5 Å². The van der Waals surface area contributed by atoms with E-state index in [1.54, 1.807) is 0 Å². The molecule has 0 aliphatic carbocycles. The lowest BCUT2D eigenvalue weighted by atomic mass is 9.87. The topological polar surface area (TPSA) is 20.2 Å². The van der Waals surface area contributed by atoms with Gasteiger partial charge in [-0.25, -0.2) is 0 Å². The normalized spacial score (nSPS) is 10.1. The molecule has 2 aromatic rings. The van der Waals surface area contributed by atoms with Crippen LogP contribution in [0.1, 0.15) is 0 Å². The van der Waals surface area contributed by atoms with Gasteiger partial charge in [-0.05, 0) is 10.8 Å². The summed E-state index contributed by atoms with van der Waals surface area (Å²) in [4.78, 5) is 0. The first-order chi connectivity index (χ1) is 5.90. The SMILES string of the molecule is OBc1ccc2ccccc2c1. The van der Waals surface area contributed by atoms with E-state index in [0.29, 0.717) is 0 Å². The molecule has 0 bridgehead atoms. The third-order valence-electron chi connectivity index (χ3n) is 2.00. The van der Waals surface area contributed by atoms with Gasteiger partial charge >= 0.3 is 7.48 Å². The van der Waals surface area contributed by atoms with E-state index in [-0.39, 0.29) is 7.48 Å². The molecule has 0 spiro atoms. The molecule has 58 valence electrons. The van der Waals surface area contributed by atoms with Crippen LogP contribution in [0.25, 0.3) is 10.8 Å². The monoisotopic (exact) mass is 156 g/mol. The fourth-order valence-electron chi connectivity index (χ4n) is 1.34. The summed E-state index contributed by atoms with van der Waals surface area (Å²) in [6.45, 7) is 0. The Kier molecular flexibility index (Phi) is 1.84. The number of fused-ring (bicyclic) bond motifs is 1. The van der Waals surface area contributed by atoms with Crippen molar-refractivity contribution in [2.24, 2.45) is 0 Å². The van der Waals surface area contributed by atoms with Crippen molar-refractivity contribution in [3.8, 4) is 0 Å². The zero-order chi connectivity index (χ0) is 8.39. The van der Waals surface area contributed by atoms with E-state index in [0.717, 1.165) is 5.46 Å². The zero-order valence-corrected chi connectivity index (χ0v) is 6.70. The van der Waals surface area contributed by atoms with Crippen LogP contribution in [-0.2, 0) is 0 Å². The van der Waals surface area contributed by atoms with Crippen molar-refractivity contribution in [1.29, 1.82) is 0 Å². The minimum Gasteiger partial charge on any atom is -0.449 e. The molecule has 0 atom stereocenters. The van der Waals surface area contributed by atoms with Crippen molar-refractivity contribution in [1.82, 2.24) is 0 Å². The summed E-state index contributed by atoms with van der Waals surface area (Å²) in [6.07, 6.45) is 0. The van der Waals surface area contributed by atoms with Crippen LogP contribution in [0, 0.1) is 0 Å². The molecule has 0 aliphatic rings. The number of hydrogen-bond donors (Lipinski definition) is 1. The van der Waals surface area contributed by atoms with E-state index in [1.807, 2.05) is 30.3 Å². The van der Waals surface area contributed by atoms with Gasteiger partial charge < -0.3 is 5.02 Å². The Morgan fingerprint density at radius 3 is 2.42 bits per heavy atom. The van der Waals surface area contributed by atoms with E-state index >= 15 is 0 Å². The Hall–Kier alpha value is -1.28. The fourth-order valence-corrected chi connectivity index (χ4v) is 1.34. The van der Waals surface area contributed by atoms with Crippen LogP contribution in [0.3, 0.4) is 0 Å². The standard InChI is InChI=1S/C10H9BO/c12-11-10-6-5-8-3-1-2-4-9(8)7-10/h1-7,11-12H. The molecular weight excluding hydrogens is 147 g/mol. The van der Waals surface area contributed by atoms with Gasteiger partial charge in [0.05, 0.1) is 0 Å². The average Bonchev–Trinajstić information content (AvgIpc) is 2.17. The van der Waals surface area contributed by atoms with Crippen molar-refractivity contribution in [3.63, 3.8) is 0 Å². The maximum absolute atomic E-state index is 8.90. The van der Waals surface area contributed by atoms with Crippen molar-refractivity contribution in [2.45, 2.75) is 0 Å². The van der Waals surface area contributed by atoms with Gasteiger partial charge in [-0.2, -0.15) is 0 Å². The first kappa shape index (κ1) is 7.38. The van der Waals surface area contributed by atoms with Crippen LogP contribution >= 0.6 is 0 Å². The highest BCUT2D eigenvalue weighted by Crippen LogP contribution is 2.10. The molecule has 0 aromatic heterocycles. The molecule has 0 heterocycles. The second kappa shape index (κ2) is 2.99. The number of hydrogen-bond acceptors (Lipinski definition) is 1. The van der Waals surface area contributed by atoms with E-state index in [1.165, 1.54) is 10.8 Å². The van der Waals surface area contributed by atoms with E-state index in [9.17, 15) is 0 Å². The summed E-state index contributed by atoms with van der Waals surface area (Å²) in [5.74, 6) is 0. The summed E-state index contributed by atoms with van der Waals surface area (Å²) in [6, 6.07) is 14.1. The average molecular weight is 156 g/mol. The van der Waals surface area contributed by atoms with Crippen LogP contribution in [-0.4, -0.2) is 12.5 Å². The smallest absolute Gasteiger partial charge is 0.304 e. The lowest BCUT2D eigenvalue weighted by Crippen LogP contribution is -2.11. The minimum atomic E-state index is 0.116. The molecule has 2 heteroatoms. The number of rotatable bonds is 1. The summed E-state index contributed by atoms with van der Waals surface area (Å²) >= 11 is 0.